The first-order valence-corrected chi connectivity index (χ1v) is 8.57. The molecule has 0 atom stereocenters. The molecule has 3 nitrogen and oxygen atoms in total. The lowest BCUT2D eigenvalue weighted by Gasteiger charge is -2.15. The standard InChI is InChI=1S/C16H13F6NO2S/c1-9-3-10(2)5-13(4-9)23-26(24,25)14-7-11(15(17,18)19)6-12(8-14)16(20,21)22/h3-8,23H,1-2H3. The highest BCUT2D eigenvalue weighted by Gasteiger charge is 2.38. The molecule has 0 aliphatic rings. The Morgan fingerprint density at radius 1 is 0.731 bits per heavy atom. The molecular weight excluding hydrogens is 384 g/mol. The molecule has 0 aliphatic carbocycles. The van der Waals surface area contributed by atoms with Gasteiger partial charge in [0.2, 0.25) is 0 Å². The minimum atomic E-state index is -5.13. The van der Waals surface area contributed by atoms with E-state index in [1.165, 1.54) is 12.1 Å². The molecule has 26 heavy (non-hydrogen) atoms. The second-order valence-corrected chi connectivity index (χ2v) is 7.41. The molecular formula is C16H13F6NO2S. The lowest BCUT2D eigenvalue weighted by Crippen LogP contribution is -2.17. The molecule has 10 heteroatoms. The first-order chi connectivity index (χ1) is 11.7. The molecule has 0 aromatic heterocycles. The maximum absolute atomic E-state index is 12.9. The molecule has 0 aliphatic heterocycles. The second kappa shape index (κ2) is 6.49. The van der Waals surface area contributed by atoms with E-state index in [0.29, 0.717) is 11.1 Å². The van der Waals surface area contributed by atoms with Gasteiger partial charge in [0.15, 0.2) is 0 Å². The van der Waals surface area contributed by atoms with Gasteiger partial charge in [-0.25, -0.2) is 8.42 Å². The number of sulfonamides is 1. The minimum absolute atomic E-state index is 0.0356. The molecule has 2 aromatic rings. The fourth-order valence-corrected chi connectivity index (χ4v) is 3.44. The summed E-state index contributed by atoms with van der Waals surface area (Å²) in [4.78, 5) is -1.13. The van der Waals surface area contributed by atoms with Gasteiger partial charge in [-0.2, -0.15) is 26.3 Å². The van der Waals surface area contributed by atoms with E-state index in [0.717, 1.165) is 0 Å². The van der Waals surface area contributed by atoms with Crippen LogP contribution < -0.4 is 4.72 Å². The topological polar surface area (TPSA) is 46.2 Å². The normalized spacial score (nSPS) is 12.9. The molecule has 0 fully saturated rings. The first kappa shape index (κ1) is 20.1. The van der Waals surface area contributed by atoms with E-state index in [-0.39, 0.29) is 23.9 Å². The fraction of sp³-hybridized carbons (Fsp3) is 0.250. The number of hydrogen-bond acceptors (Lipinski definition) is 2. The number of nitrogens with one attached hydrogen (secondary N) is 1. The van der Waals surface area contributed by atoms with Crippen molar-refractivity contribution in [1.82, 2.24) is 0 Å². The largest absolute Gasteiger partial charge is 0.416 e. The van der Waals surface area contributed by atoms with E-state index < -0.39 is 38.4 Å². The number of halogens is 6. The molecule has 142 valence electrons. The summed E-state index contributed by atoms with van der Waals surface area (Å²) in [5.74, 6) is 0. The average Bonchev–Trinajstić information content (AvgIpc) is 2.43. The maximum atomic E-state index is 12.9. The molecule has 0 saturated carbocycles. The van der Waals surface area contributed by atoms with Crippen LogP contribution in [0, 0.1) is 13.8 Å². The lowest BCUT2D eigenvalue weighted by atomic mass is 10.1. The Hall–Kier alpha value is -2.23. The molecule has 0 unspecified atom stereocenters. The monoisotopic (exact) mass is 397 g/mol. The zero-order valence-electron chi connectivity index (χ0n) is 13.5. The molecule has 0 spiro atoms. The van der Waals surface area contributed by atoms with E-state index in [2.05, 4.69) is 0 Å². The van der Waals surface area contributed by atoms with Crippen LogP contribution in [0.4, 0.5) is 32.0 Å². The molecule has 1 N–H and O–H groups in total. The maximum Gasteiger partial charge on any atom is 0.416 e. The van der Waals surface area contributed by atoms with Gasteiger partial charge in [-0.1, -0.05) is 6.07 Å². The van der Waals surface area contributed by atoms with Crippen LogP contribution in [-0.4, -0.2) is 8.42 Å². The highest BCUT2D eigenvalue weighted by atomic mass is 32.2. The number of benzene rings is 2. The number of anilines is 1. The summed E-state index contributed by atoms with van der Waals surface area (Å²) < 4.78 is 104. The summed E-state index contributed by atoms with van der Waals surface area (Å²) in [5, 5.41) is 0. The van der Waals surface area contributed by atoms with Crippen molar-refractivity contribution < 1.29 is 34.8 Å². The molecule has 2 rings (SSSR count). The van der Waals surface area contributed by atoms with Crippen molar-refractivity contribution in [3.63, 3.8) is 0 Å². The van der Waals surface area contributed by atoms with E-state index in [4.69, 9.17) is 0 Å². The molecule has 0 heterocycles. The van der Waals surface area contributed by atoms with Crippen LogP contribution in [0.3, 0.4) is 0 Å². The number of aryl methyl sites for hydroxylation is 2. The third-order valence-electron chi connectivity index (χ3n) is 3.35. The molecule has 0 radical (unpaired) electrons. The van der Waals surface area contributed by atoms with Crippen molar-refractivity contribution in [2.24, 2.45) is 0 Å². The first-order valence-electron chi connectivity index (χ1n) is 7.09. The van der Waals surface area contributed by atoms with Crippen molar-refractivity contribution in [2.45, 2.75) is 31.1 Å². The van der Waals surface area contributed by atoms with Crippen molar-refractivity contribution >= 4 is 15.7 Å². The molecule has 0 saturated heterocycles. The average molecular weight is 397 g/mol. The predicted octanol–water partition coefficient (Wildman–Crippen LogP) is 5.14. The van der Waals surface area contributed by atoms with Gasteiger partial charge < -0.3 is 0 Å². The third-order valence-corrected chi connectivity index (χ3v) is 4.71. The van der Waals surface area contributed by atoms with E-state index in [1.54, 1.807) is 19.9 Å². The summed E-state index contributed by atoms with van der Waals surface area (Å²) in [7, 11) is -4.66. The molecule has 0 bridgehead atoms. The highest BCUT2D eigenvalue weighted by Crippen LogP contribution is 2.37. The Labute approximate surface area is 145 Å². The van der Waals surface area contributed by atoms with Crippen LogP contribution in [0.25, 0.3) is 0 Å². The highest BCUT2D eigenvalue weighted by molar-refractivity contribution is 7.92. The summed E-state index contributed by atoms with van der Waals surface area (Å²) in [6, 6.07) is 4.74. The summed E-state index contributed by atoms with van der Waals surface area (Å²) in [5.41, 5.74) is -2.03. The zero-order valence-corrected chi connectivity index (χ0v) is 14.3. The van der Waals surface area contributed by atoms with Gasteiger partial charge in [0.25, 0.3) is 10.0 Å². The Balaban J connectivity index is 2.57. The van der Waals surface area contributed by atoms with E-state index in [1.807, 2.05) is 4.72 Å². The summed E-state index contributed by atoms with van der Waals surface area (Å²) in [6.07, 6.45) is -10.3. The van der Waals surface area contributed by atoms with Crippen LogP contribution in [0.5, 0.6) is 0 Å². The van der Waals surface area contributed by atoms with Gasteiger partial charge in [0.05, 0.1) is 16.0 Å². The molecule has 0 amide bonds. The van der Waals surface area contributed by atoms with Gasteiger partial charge >= 0.3 is 12.4 Å². The fourth-order valence-electron chi connectivity index (χ4n) is 2.33. The second-order valence-electron chi connectivity index (χ2n) is 5.72. The molecule has 2 aromatic carbocycles. The Morgan fingerprint density at radius 2 is 1.15 bits per heavy atom. The van der Waals surface area contributed by atoms with Crippen molar-refractivity contribution in [2.75, 3.05) is 4.72 Å². The van der Waals surface area contributed by atoms with Crippen LogP contribution in [0.2, 0.25) is 0 Å². The van der Waals surface area contributed by atoms with Gasteiger partial charge in [-0.3, -0.25) is 4.72 Å². The minimum Gasteiger partial charge on any atom is -0.280 e. The van der Waals surface area contributed by atoms with Crippen LogP contribution in [-0.2, 0) is 22.4 Å². The van der Waals surface area contributed by atoms with Crippen molar-refractivity contribution in [3.8, 4) is 0 Å². The number of hydrogen-bond donors (Lipinski definition) is 1. The van der Waals surface area contributed by atoms with Gasteiger partial charge in [0.1, 0.15) is 0 Å². The smallest absolute Gasteiger partial charge is 0.280 e. The number of rotatable bonds is 3. The van der Waals surface area contributed by atoms with Gasteiger partial charge in [0, 0.05) is 5.69 Å². The zero-order chi connectivity index (χ0) is 19.9. The SMILES string of the molecule is Cc1cc(C)cc(NS(=O)(=O)c2cc(C(F)(F)F)cc(C(F)(F)F)c2)c1. The third kappa shape index (κ3) is 4.69. The van der Waals surface area contributed by atoms with E-state index >= 15 is 0 Å². The number of alkyl halides is 6. The summed E-state index contributed by atoms with van der Waals surface area (Å²) in [6.45, 7) is 3.33. The Morgan fingerprint density at radius 3 is 1.54 bits per heavy atom. The summed E-state index contributed by atoms with van der Waals surface area (Å²) >= 11 is 0. The Kier molecular flexibility index (Phi) is 5.02. The van der Waals surface area contributed by atoms with Gasteiger partial charge in [-0.15, -0.1) is 0 Å². The Bertz CT molecular complexity index is 880. The van der Waals surface area contributed by atoms with Crippen molar-refractivity contribution in [1.29, 1.82) is 0 Å². The van der Waals surface area contributed by atoms with Crippen LogP contribution in [0.15, 0.2) is 41.3 Å². The quantitative estimate of drug-likeness (QED) is 0.729. The lowest BCUT2D eigenvalue weighted by molar-refractivity contribution is -0.143. The van der Waals surface area contributed by atoms with Crippen LogP contribution in [0.1, 0.15) is 22.3 Å². The van der Waals surface area contributed by atoms with Crippen LogP contribution >= 0.6 is 0 Å². The predicted molar refractivity (Wildman–Crippen MR) is 83.2 cm³/mol. The van der Waals surface area contributed by atoms with E-state index in [9.17, 15) is 34.8 Å². The van der Waals surface area contributed by atoms with Gasteiger partial charge in [-0.05, 0) is 55.3 Å². The van der Waals surface area contributed by atoms with Crippen molar-refractivity contribution in [3.05, 3.63) is 58.7 Å².